The highest BCUT2D eigenvalue weighted by atomic mass is 32.2. The van der Waals surface area contributed by atoms with Crippen LogP contribution in [0.15, 0.2) is 45.9 Å². The van der Waals surface area contributed by atoms with E-state index in [0.29, 0.717) is 12.3 Å². The summed E-state index contributed by atoms with van der Waals surface area (Å²) < 4.78 is 5.33. The molecule has 2 aromatic rings. The van der Waals surface area contributed by atoms with E-state index in [1.807, 2.05) is 17.9 Å². The Morgan fingerprint density at radius 3 is 2.48 bits per heavy atom. The number of aryl methyl sites for hydroxylation is 1. The Kier molecular flexibility index (Phi) is 5.51. The van der Waals surface area contributed by atoms with Crippen molar-refractivity contribution in [3.63, 3.8) is 0 Å². The lowest BCUT2D eigenvalue weighted by molar-refractivity contribution is 0.0710. The first kappa shape index (κ1) is 15.7. The Hall–Kier alpha value is -1.68. The van der Waals surface area contributed by atoms with Crippen molar-refractivity contribution in [3.8, 4) is 0 Å². The second-order valence-corrected chi connectivity index (χ2v) is 5.89. The molecule has 0 saturated carbocycles. The highest BCUT2D eigenvalue weighted by Crippen LogP contribution is 2.18. The molecule has 21 heavy (non-hydrogen) atoms. The highest BCUT2D eigenvalue weighted by molar-refractivity contribution is 7.98. The van der Waals surface area contributed by atoms with Crippen molar-refractivity contribution in [1.82, 2.24) is 4.90 Å². The SMILES string of the molecule is CCCN(Cc1ccc(SC)cc1)C(=O)c1occc1C. The third kappa shape index (κ3) is 3.91. The van der Waals surface area contributed by atoms with Gasteiger partial charge in [0.1, 0.15) is 0 Å². The summed E-state index contributed by atoms with van der Waals surface area (Å²) >= 11 is 1.72. The molecule has 0 N–H and O–H groups in total. The molecule has 0 fully saturated rings. The van der Waals surface area contributed by atoms with Gasteiger partial charge in [-0.2, -0.15) is 0 Å². The molecule has 1 heterocycles. The van der Waals surface area contributed by atoms with Crippen molar-refractivity contribution in [2.45, 2.75) is 31.7 Å². The Balaban J connectivity index is 2.14. The summed E-state index contributed by atoms with van der Waals surface area (Å²) in [7, 11) is 0. The van der Waals surface area contributed by atoms with E-state index in [9.17, 15) is 4.79 Å². The number of hydrogen-bond acceptors (Lipinski definition) is 3. The minimum absolute atomic E-state index is 0.0340. The van der Waals surface area contributed by atoms with Gasteiger partial charge in [-0.25, -0.2) is 0 Å². The molecular formula is C17H21NO2S. The van der Waals surface area contributed by atoms with Gasteiger partial charge in [-0.15, -0.1) is 11.8 Å². The summed E-state index contributed by atoms with van der Waals surface area (Å²) in [6, 6.07) is 10.2. The number of amides is 1. The maximum Gasteiger partial charge on any atom is 0.290 e. The van der Waals surface area contributed by atoms with Crippen LogP contribution in [-0.4, -0.2) is 23.6 Å². The van der Waals surface area contributed by atoms with Crippen LogP contribution in [0.2, 0.25) is 0 Å². The number of carbonyl (C=O) groups excluding carboxylic acids is 1. The molecule has 112 valence electrons. The molecule has 0 unspecified atom stereocenters. The van der Waals surface area contributed by atoms with Gasteiger partial charge in [0.25, 0.3) is 5.91 Å². The van der Waals surface area contributed by atoms with E-state index in [-0.39, 0.29) is 5.91 Å². The van der Waals surface area contributed by atoms with E-state index in [1.54, 1.807) is 18.0 Å². The maximum atomic E-state index is 12.6. The number of furan rings is 1. The summed E-state index contributed by atoms with van der Waals surface area (Å²) in [5.74, 6) is 0.414. The van der Waals surface area contributed by atoms with Crippen LogP contribution in [-0.2, 0) is 6.54 Å². The first-order valence-corrected chi connectivity index (χ1v) is 8.34. The fraction of sp³-hybridized carbons (Fsp3) is 0.353. The minimum atomic E-state index is -0.0340. The van der Waals surface area contributed by atoms with E-state index in [2.05, 4.69) is 37.4 Å². The lowest BCUT2D eigenvalue weighted by atomic mass is 10.2. The van der Waals surface area contributed by atoms with Crippen LogP contribution in [0.1, 0.15) is 35.0 Å². The predicted molar refractivity (Wildman–Crippen MR) is 86.7 cm³/mol. The first-order valence-electron chi connectivity index (χ1n) is 7.12. The summed E-state index contributed by atoms with van der Waals surface area (Å²) in [5, 5.41) is 0. The zero-order valence-corrected chi connectivity index (χ0v) is 13.6. The largest absolute Gasteiger partial charge is 0.459 e. The van der Waals surface area contributed by atoms with Crippen molar-refractivity contribution in [3.05, 3.63) is 53.5 Å². The van der Waals surface area contributed by atoms with Crippen LogP contribution in [0.3, 0.4) is 0 Å². The molecule has 0 saturated heterocycles. The quantitative estimate of drug-likeness (QED) is 0.743. The topological polar surface area (TPSA) is 33.5 Å². The molecular weight excluding hydrogens is 282 g/mol. The van der Waals surface area contributed by atoms with Gasteiger partial charge in [-0.05, 0) is 43.4 Å². The Bertz CT molecular complexity index is 589. The molecule has 0 bridgehead atoms. The van der Waals surface area contributed by atoms with Gasteiger partial charge in [0, 0.05) is 23.5 Å². The van der Waals surface area contributed by atoms with Crippen molar-refractivity contribution in [2.75, 3.05) is 12.8 Å². The highest BCUT2D eigenvalue weighted by Gasteiger charge is 2.20. The molecule has 3 nitrogen and oxygen atoms in total. The Morgan fingerprint density at radius 2 is 1.95 bits per heavy atom. The van der Waals surface area contributed by atoms with Gasteiger partial charge in [-0.3, -0.25) is 4.79 Å². The van der Waals surface area contributed by atoms with E-state index >= 15 is 0 Å². The van der Waals surface area contributed by atoms with Crippen molar-refractivity contribution in [2.24, 2.45) is 0 Å². The van der Waals surface area contributed by atoms with Crippen molar-refractivity contribution < 1.29 is 9.21 Å². The predicted octanol–water partition coefficient (Wildman–Crippen LogP) is 4.36. The van der Waals surface area contributed by atoms with Gasteiger partial charge in [0.2, 0.25) is 0 Å². The number of hydrogen-bond donors (Lipinski definition) is 0. The van der Waals surface area contributed by atoms with Gasteiger partial charge in [0.05, 0.1) is 6.26 Å². The van der Waals surface area contributed by atoms with E-state index in [1.165, 1.54) is 4.90 Å². The summed E-state index contributed by atoms with van der Waals surface area (Å²) in [5.41, 5.74) is 2.03. The lowest BCUT2D eigenvalue weighted by Gasteiger charge is -2.21. The van der Waals surface area contributed by atoms with Crippen LogP contribution < -0.4 is 0 Å². The molecule has 1 amide bonds. The third-order valence-corrected chi connectivity index (χ3v) is 4.11. The van der Waals surface area contributed by atoms with Crippen LogP contribution in [0, 0.1) is 6.92 Å². The minimum Gasteiger partial charge on any atom is -0.459 e. The average molecular weight is 303 g/mol. The average Bonchev–Trinajstić information content (AvgIpc) is 2.93. The zero-order valence-electron chi connectivity index (χ0n) is 12.8. The van der Waals surface area contributed by atoms with Gasteiger partial charge in [-0.1, -0.05) is 19.1 Å². The van der Waals surface area contributed by atoms with E-state index in [0.717, 1.165) is 24.1 Å². The number of carbonyl (C=O) groups is 1. The van der Waals surface area contributed by atoms with Gasteiger partial charge in [0.15, 0.2) is 5.76 Å². The summed E-state index contributed by atoms with van der Waals surface area (Å²) in [6.07, 6.45) is 4.55. The summed E-state index contributed by atoms with van der Waals surface area (Å²) in [4.78, 5) is 15.6. The molecule has 0 spiro atoms. The Labute approximate surface area is 130 Å². The Morgan fingerprint density at radius 1 is 1.24 bits per heavy atom. The molecule has 2 rings (SSSR count). The normalized spacial score (nSPS) is 10.6. The smallest absolute Gasteiger partial charge is 0.290 e. The van der Waals surface area contributed by atoms with Crippen LogP contribution in [0.5, 0.6) is 0 Å². The second kappa shape index (κ2) is 7.36. The number of thioether (sulfide) groups is 1. The first-order chi connectivity index (χ1) is 10.2. The molecule has 0 aliphatic carbocycles. The third-order valence-electron chi connectivity index (χ3n) is 3.37. The number of nitrogens with zero attached hydrogens (tertiary/aromatic N) is 1. The monoisotopic (exact) mass is 303 g/mol. The summed E-state index contributed by atoms with van der Waals surface area (Å²) in [6.45, 7) is 5.31. The number of rotatable bonds is 6. The molecule has 1 aromatic carbocycles. The number of benzene rings is 1. The van der Waals surface area contributed by atoms with Gasteiger partial charge < -0.3 is 9.32 Å². The zero-order chi connectivity index (χ0) is 15.2. The fourth-order valence-electron chi connectivity index (χ4n) is 2.21. The van der Waals surface area contributed by atoms with Crippen LogP contribution >= 0.6 is 11.8 Å². The maximum absolute atomic E-state index is 12.6. The van der Waals surface area contributed by atoms with E-state index < -0.39 is 0 Å². The molecule has 1 aromatic heterocycles. The second-order valence-electron chi connectivity index (χ2n) is 5.01. The molecule has 4 heteroatoms. The van der Waals surface area contributed by atoms with Crippen molar-refractivity contribution >= 4 is 17.7 Å². The van der Waals surface area contributed by atoms with Gasteiger partial charge >= 0.3 is 0 Å². The molecule has 0 atom stereocenters. The fourth-order valence-corrected chi connectivity index (χ4v) is 2.62. The molecule has 0 aliphatic heterocycles. The van der Waals surface area contributed by atoms with E-state index in [4.69, 9.17) is 4.42 Å². The van der Waals surface area contributed by atoms with Crippen LogP contribution in [0.4, 0.5) is 0 Å². The van der Waals surface area contributed by atoms with Crippen LogP contribution in [0.25, 0.3) is 0 Å². The standard InChI is InChI=1S/C17H21NO2S/c1-4-10-18(17(19)16-13(2)9-11-20-16)12-14-5-7-15(21-3)8-6-14/h5-9,11H,4,10,12H2,1-3H3. The molecule has 0 radical (unpaired) electrons. The lowest BCUT2D eigenvalue weighted by Crippen LogP contribution is -2.31. The van der Waals surface area contributed by atoms with Crippen molar-refractivity contribution in [1.29, 1.82) is 0 Å². The molecule has 0 aliphatic rings.